The molecule has 0 fully saturated rings. The van der Waals surface area contributed by atoms with E-state index < -0.39 is 0 Å². The zero-order valence-electron chi connectivity index (χ0n) is 20.9. The van der Waals surface area contributed by atoms with Gasteiger partial charge in [-0.1, -0.05) is 72.8 Å². The van der Waals surface area contributed by atoms with Gasteiger partial charge in [0, 0.05) is 39.3 Å². The summed E-state index contributed by atoms with van der Waals surface area (Å²) in [6, 6.07) is 45.7. The highest BCUT2D eigenvalue weighted by atomic mass is 16.3. The average molecular weight is 503 g/mol. The molecule has 0 aliphatic carbocycles. The third kappa shape index (κ3) is 3.55. The molecular formula is C34H22N4O. The minimum Gasteiger partial charge on any atom is -0.456 e. The van der Waals surface area contributed by atoms with E-state index in [4.69, 9.17) is 14.6 Å². The van der Waals surface area contributed by atoms with Crippen molar-refractivity contribution in [1.29, 1.82) is 0 Å². The summed E-state index contributed by atoms with van der Waals surface area (Å²) in [4.78, 5) is 3.97. The second-order valence-electron chi connectivity index (χ2n) is 9.61. The van der Waals surface area contributed by atoms with Gasteiger partial charge in [-0.05, 0) is 60.0 Å². The second kappa shape index (κ2) is 8.57. The van der Waals surface area contributed by atoms with E-state index >= 15 is 0 Å². The predicted octanol–water partition coefficient (Wildman–Crippen LogP) is 8.94. The van der Waals surface area contributed by atoms with Gasteiger partial charge in [0.2, 0.25) is 0 Å². The van der Waals surface area contributed by atoms with E-state index in [9.17, 15) is 0 Å². The van der Waals surface area contributed by atoms with Gasteiger partial charge < -0.3 is 9.32 Å². The highest BCUT2D eigenvalue weighted by Gasteiger charge is 2.17. The van der Waals surface area contributed by atoms with Crippen LogP contribution in [0.3, 0.4) is 0 Å². The molecule has 0 amide bonds. The van der Waals surface area contributed by atoms with Crippen molar-refractivity contribution in [1.82, 2.24) is 15.0 Å². The number of benzene rings is 6. The Balaban J connectivity index is 1.28. The lowest BCUT2D eigenvalue weighted by Gasteiger charge is -2.25. The van der Waals surface area contributed by atoms with E-state index in [1.165, 1.54) is 0 Å². The third-order valence-corrected chi connectivity index (χ3v) is 7.24. The van der Waals surface area contributed by atoms with Gasteiger partial charge in [0.05, 0.1) is 5.69 Å². The minimum atomic E-state index is 0.825. The molecule has 0 bridgehead atoms. The average Bonchev–Trinajstić information content (AvgIpc) is 3.58. The Bertz CT molecular complexity index is 2140. The maximum Gasteiger partial charge on any atom is 0.137 e. The maximum absolute atomic E-state index is 6.22. The number of hydrogen-bond donors (Lipinski definition) is 0. The van der Waals surface area contributed by atoms with Gasteiger partial charge in [0.1, 0.15) is 22.2 Å². The van der Waals surface area contributed by atoms with Crippen LogP contribution in [0.1, 0.15) is 0 Å². The highest BCUT2D eigenvalue weighted by molar-refractivity contribution is 6.06. The molecule has 5 heteroatoms. The Labute approximate surface area is 224 Å². The molecular weight excluding hydrogens is 480 g/mol. The molecule has 0 aliphatic rings. The van der Waals surface area contributed by atoms with Crippen LogP contribution < -0.4 is 4.90 Å². The Kier molecular flexibility index (Phi) is 4.76. The van der Waals surface area contributed by atoms with Crippen molar-refractivity contribution in [3.8, 4) is 5.69 Å². The van der Waals surface area contributed by atoms with Crippen molar-refractivity contribution in [2.75, 3.05) is 4.90 Å². The molecule has 0 saturated carbocycles. The molecule has 0 saturated heterocycles. The van der Waals surface area contributed by atoms with Gasteiger partial charge in [-0.15, -0.1) is 15.0 Å². The summed E-state index contributed by atoms with van der Waals surface area (Å²) in [5.74, 6) is 0. The molecule has 0 radical (unpaired) electrons. The van der Waals surface area contributed by atoms with Crippen LogP contribution in [0.25, 0.3) is 49.4 Å². The molecule has 184 valence electrons. The highest BCUT2D eigenvalue weighted by Crippen LogP contribution is 2.39. The van der Waals surface area contributed by atoms with Gasteiger partial charge in [0.25, 0.3) is 0 Å². The lowest BCUT2D eigenvalue weighted by molar-refractivity contribution is 0.669. The van der Waals surface area contributed by atoms with Crippen LogP contribution >= 0.6 is 0 Å². The normalized spacial score (nSPS) is 11.6. The summed E-state index contributed by atoms with van der Waals surface area (Å²) in [5, 5.41) is 14.2. The Morgan fingerprint density at radius 2 is 1.18 bits per heavy atom. The lowest BCUT2D eigenvalue weighted by atomic mass is 10.1. The largest absolute Gasteiger partial charge is 0.456 e. The van der Waals surface area contributed by atoms with Crippen molar-refractivity contribution in [3.05, 3.63) is 133 Å². The summed E-state index contributed by atoms with van der Waals surface area (Å²) in [7, 11) is 0. The van der Waals surface area contributed by atoms with Crippen molar-refractivity contribution in [2.45, 2.75) is 0 Å². The monoisotopic (exact) mass is 502 g/mol. The summed E-state index contributed by atoms with van der Waals surface area (Å²) in [6.07, 6.45) is 0. The number of furan rings is 1. The standard InChI is InChI=1S/C34H22N4O/c1-2-11-24(12-3-1)37(26-17-19-29-28-14-6-7-16-33(28)39-34(29)22-26)25-18-20-30-31(21-25)36-38(35-30)32-15-8-10-23-9-4-5-13-27(23)32/h1-22H. The summed E-state index contributed by atoms with van der Waals surface area (Å²) >= 11 is 0. The van der Waals surface area contributed by atoms with E-state index in [0.717, 1.165) is 66.5 Å². The zero-order valence-corrected chi connectivity index (χ0v) is 20.9. The van der Waals surface area contributed by atoms with Gasteiger partial charge in [-0.25, -0.2) is 0 Å². The first-order valence-corrected chi connectivity index (χ1v) is 12.9. The molecule has 0 atom stereocenters. The van der Waals surface area contributed by atoms with Crippen molar-refractivity contribution < 1.29 is 4.42 Å². The van der Waals surface area contributed by atoms with Gasteiger partial charge in [0.15, 0.2) is 0 Å². The number of anilines is 3. The fourth-order valence-electron chi connectivity index (χ4n) is 5.41. The van der Waals surface area contributed by atoms with Crippen LogP contribution in [-0.2, 0) is 0 Å². The number of nitrogens with zero attached hydrogens (tertiary/aromatic N) is 4. The van der Waals surface area contributed by atoms with E-state index in [-0.39, 0.29) is 0 Å². The molecule has 0 unspecified atom stereocenters. The molecule has 8 rings (SSSR count). The van der Waals surface area contributed by atoms with Crippen LogP contribution in [0.2, 0.25) is 0 Å². The van der Waals surface area contributed by atoms with Crippen LogP contribution in [0.4, 0.5) is 17.1 Å². The quantitative estimate of drug-likeness (QED) is 0.241. The fraction of sp³-hybridized carbons (Fsp3) is 0. The van der Waals surface area contributed by atoms with Crippen LogP contribution in [0.5, 0.6) is 0 Å². The van der Waals surface area contributed by atoms with Crippen LogP contribution in [0.15, 0.2) is 138 Å². The van der Waals surface area contributed by atoms with Crippen molar-refractivity contribution in [3.63, 3.8) is 0 Å². The van der Waals surface area contributed by atoms with Gasteiger partial charge in [-0.2, -0.15) is 0 Å². The number of hydrogen-bond acceptors (Lipinski definition) is 4. The predicted molar refractivity (Wildman–Crippen MR) is 158 cm³/mol. The maximum atomic E-state index is 6.22. The number of para-hydroxylation sites is 2. The molecule has 6 aromatic carbocycles. The topological polar surface area (TPSA) is 47.1 Å². The third-order valence-electron chi connectivity index (χ3n) is 7.24. The lowest BCUT2D eigenvalue weighted by Crippen LogP contribution is -2.09. The Morgan fingerprint density at radius 3 is 2.10 bits per heavy atom. The molecule has 39 heavy (non-hydrogen) atoms. The first kappa shape index (κ1) is 21.6. The van der Waals surface area contributed by atoms with Crippen LogP contribution in [0, 0.1) is 0 Å². The first-order valence-electron chi connectivity index (χ1n) is 12.9. The second-order valence-corrected chi connectivity index (χ2v) is 9.61. The van der Waals surface area contributed by atoms with Crippen LogP contribution in [-0.4, -0.2) is 15.0 Å². The molecule has 8 aromatic rings. The molecule has 5 nitrogen and oxygen atoms in total. The van der Waals surface area contributed by atoms with Gasteiger partial charge in [-0.3, -0.25) is 0 Å². The number of fused-ring (bicyclic) bond motifs is 5. The molecule has 2 heterocycles. The van der Waals surface area contributed by atoms with Gasteiger partial charge >= 0.3 is 0 Å². The van der Waals surface area contributed by atoms with Crippen molar-refractivity contribution in [2.24, 2.45) is 0 Å². The summed E-state index contributed by atoms with van der Waals surface area (Å²) in [6.45, 7) is 0. The smallest absolute Gasteiger partial charge is 0.137 e. The van der Waals surface area contributed by atoms with E-state index in [2.05, 4.69) is 89.8 Å². The first-order chi connectivity index (χ1) is 19.3. The molecule has 0 spiro atoms. The van der Waals surface area contributed by atoms with E-state index in [1.807, 2.05) is 48.5 Å². The summed E-state index contributed by atoms with van der Waals surface area (Å²) < 4.78 is 6.22. The van der Waals surface area contributed by atoms with E-state index in [1.54, 1.807) is 4.80 Å². The number of aromatic nitrogens is 3. The molecule has 2 aromatic heterocycles. The Morgan fingerprint density at radius 1 is 0.487 bits per heavy atom. The number of rotatable bonds is 4. The van der Waals surface area contributed by atoms with Crippen molar-refractivity contribution >= 4 is 60.8 Å². The molecule has 0 aliphatic heterocycles. The van der Waals surface area contributed by atoms with E-state index in [0.29, 0.717) is 0 Å². The summed E-state index contributed by atoms with van der Waals surface area (Å²) in [5.41, 5.74) is 7.43. The SMILES string of the molecule is c1ccc(N(c2ccc3nn(-c4cccc5ccccc45)nc3c2)c2ccc3c(c2)oc2ccccc23)cc1. The fourth-order valence-corrected chi connectivity index (χ4v) is 5.41. The Hall–Kier alpha value is -5.42. The zero-order chi connectivity index (χ0) is 25.8. The minimum absolute atomic E-state index is 0.825. The molecule has 0 N–H and O–H groups in total.